The molecule has 2 aliphatic rings. The van der Waals surface area contributed by atoms with E-state index in [1.165, 1.54) is 23.3 Å². The molecule has 0 spiro atoms. The van der Waals surface area contributed by atoms with Crippen molar-refractivity contribution in [1.29, 1.82) is 0 Å². The Bertz CT molecular complexity index is 1140. The minimum atomic E-state index is -0.00957. The first-order valence-electron chi connectivity index (χ1n) is 12.8. The quantitative estimate of drug-likeness (QED) is 0.398. The molecule has 1 aliphatic carbocycles. The van der Waals surface area contributed by atoms with Gasteiger partial charge in [0.15, 0.2) is 0 Å². The fourth-order valence-electron chi connectivity index (χ4n) is 4.93. The molecular formula is C28H35N5OS. The summed E-state index contributed by atoms with van der Waals surface area (Å²) in [5.74, 6) is 1.94. The number of amides is 2. The Hall–Kier alpha value is -2.80. The predicted molar refractivity (Wildman–Crippen MR) is 141 cm³/mol. The zero-order chi connectivity index (χ0) is 24.4. The highest BCUT2D eigenvalue weighted by molar-refractivity contribution is 7.99. The van der Waals surface area contributed by atoms with E-state index in [4.69, 9.17) is 10.2 Å². The maximum absolute atomic E-state index is 13.3. The van der Waals surface area contributed by atoms with Gasteiger partial charge in [-0.1, -0.05) is 49.4 Å². The van der Waals surface area contributed by atoms with E-state index < -0.39 is 0 Å². The topological polar surface area (TPSA) is 63.1 Å². The van der Waals surface area contributed by atoms with Crippen LogP contribution in [0.3, 0.4) is 0 Å². The van der Waals surface area contributed by atoms with Gasteiger partial charge in [0.1, 0.15) is 0 Å². The highest BCUT2D eigenvalue weighted by atomic mass is 32.2. The van der Waals surface area contributed by atoms with Gasteiger partial charge in [0.05, 0.1) is 17.4 Å². The Morgan fingerprint density at radius 1 is 1.00 bits per heavy atom. The molecule has 0 radical (unpaired) electrons. The van der Waals surface area contributed by atoms with Crippen molar-refractivity contribution in [2.75, 3.05) is 18.8 Å². The van der Waals surface area contributed by atoms with Crippen molar-refractivity contribution in [2.45, 2.75) is 68.8 Å². The monoisotopic (exact) mass is 489 g/mol. The molecule has 35 heavy (non-hydrogen) atoms. The molecule has 184 valence electrons. The molecule has 6 nitrogen and oxygen atoms in total. The van der Waals surface area contributed by atoms with E-state index in [1.807, 2.05) is 27.5 Å². The van der Waals surface area contributed by atoms with E-state index in [0.717, 1.165) is 22.7 Å². The van der Waals surface area contributed by atoms with Crippen LogP contribution in [0.2, 0.25) is 0 Å². The lowest BCUT2D eigenvalue weighted by atomic mass is 9.85. The number of thioether (sulfide) groups is 1. The third-order valence-corrected chi connectivity index (χ3v) is 7.87. The normalized spacial score (nSPS) is 19.9. The minimum absolute atomic E-state index is 0.00957. The van der Waals surface area contributed by atoms with Crippen molar-refractivity contribution in [3.05, 3.63) is 77.1 Å². The van der Waals surface area contributed by atoms with Crippen LogP contribution in [0.15, 0.2) is 59.5 Å². The van der Waals surface area contributed by atoms with Crippen LogP contribution in [-0.2, 0) is 6.54 Å². The van der Waals surface area contributed by atoms with Crippen LogP contribution < -0.4 is 5.32 Å². The molecule has 1 N–H and O–H groups in total. The zero-order valence-electron chi connectivity index (χ0n) is 20.9. The number of carbonyl (C=O) groups is 1. The summed E-state index contributed by atoms with van der Waals surface area (Å²) in [4.78, 5) is 18.4. The molecule has 5 rings (SSSR count). The first kappa shape index (κ1) is 23.9. The van der Waals surface area contributed by atoms with Gasteiger partial charge in [0.25, 0.3) is 0 Å². The second-order valence-corrected chi connectivity index (χ2v) is 11.3. The van der Waals surface area contributed by atoms with Gasteiger partial charge in [0, 0.05) is 42.3 Å². The van der Waals surface area contributed by atoms with Crippen LogP contribution in [0.4, 0.5) is 4.79 Å². The number of nitrogens with one attached hydrogen (secondary N) is 1. The highest BCUT2D eigenvalue weighted by Crippen LogP contribution is 2.46. The molecule has 2 atom stereocenters. The summed E-state index contributed by atoms with van der Waals surface area (Å²) in [6, 6.07) is 19.3. The first-order chi connectivity index (χ1) is 17.0. The zero-order valence-corrected chi connectivity index (χ0v) is 21.7. The predicted octanol–water partition coefficient (Wildman–Crippen LogP) is 5.94. The number of hydrogen-bond acceptors (Lipinski definition) is 4. The number of carbonyl (C=O) groups excluding carboxylic acids is 1. The lowest BCUT2D eigenvalue weighted by molar-refractivity contribution is 0.207. The van der Waals surface area contributed by atoms with E-state index in [2.05, 4.69) is 74.6 Å². The number of nitrogens with zero attached hydrogens (tertiary/aromatic N) is 4. The largest absolute Gasteiger partial charge is 0.334 e. The van der Waals surface area contributed by atoms with Crippen molar-refractivity contribution in [3.8, 4) is 0 Å². The second kappa shape index (κ2) is 10.4. The highest BCUT2D eigenvalue weighted by Gasteiger charge is 2.42. The van der Waals surface area contributed by atoms with Gasteiger partial charge < -0.3 is 10.2 Å². The van der Waals surface area contributed by atoms with Crippen molar-refractivity contribution in [3.63, 3.8) is 0 Å². The average Bonchev–Trinajstić information content (AvgIpc) is 3.46. The Kier molecular flexibility index (Phi) is 7.14. The minimum Gasteiger partial charge on any atom is -0.334 e. The maximum Gasteiger partial charge on any atom is 0.317 e. The lowest BCUT2D eigenvalue weighted by Crippen LogP contribution is -2.38. The molecule has 1 saturated heterocycles. The molecule has 2 heterocycles. The maximum atomic E-state index is 13.3. The molecule has 1 aliphatic heterocycles. The van der Waals surface area contributed by atoms with E-state index in [9.17, 15) is 4.79 Å². The molecule has 2 fully saturated rings. The first-order valence-corrected chi connectivity index (χ1v) is 13.8. The van der Waals surface area contributed by atoms with Gasteiger partial charge in [-0.3, -0.25) is 0 Å². The summed E-state index contributed by atoms with van der Waals surface area (Å²) < 4.78 is 0. The molecule has 2 unspecified atom stereocenters. The van der Waals surface area contributed by atoms with E-state index in [0.29, 0.717) is 25.6 Å². The number of rotatable bonds is 8. The Balaban J connectivity index is 1.35. The van der Waals surface area contributed by atoms with Gasteiger partial charge in [0.2, 0.25) is 0 Å². The van der Waals surface area contributed by atoms with E-state index in [-0.39, 0.29) is 23.9 Å². The van der Waals surface area contributed by atoms with E-state index in [1.54, 1.807) is 0 Å². The molecule has 2 aromatic carbocycles. The number of hydrogen-bond donors (Lipinski definition) is 1. The number of benzene rings is 2. The fourth-order valence-corrected chi connectivity index (χ4v) is 5.59. The number of urea groups is 1. The standard InChI is InChI=1S/C28H35N5OS/c1-4-35-23-14-10-20(11-15-23)16-29-28(34)32-17-24(21-8-6-5-7-9-21)25(18-32)27-26(22-12-13-22)30-33(31-27)19(2)3/h5-11,14-15,19,22,24-25H,4,12-13,16-18H2,1-3H3,(H,29,34). The summed E-state index contributed by atoms with van der Waals surface area (Å²) in [7, 11) is 0. The van der Waals surface area contributed by atoms with Crippen molar-refractivity contribution in [1.82, 2.24) is 25.2 Å². The summed E-state index contributed by atoms with van der Waals surface area (Å²) in [6.45, 7) is 8.28. The van der Waals surface area contributed by atoms with Gasteiger partial charge in [-0.05, 0) is 55.7 Å². The Morgan fingerprint density at radius 3 is 2.34 bits per heavy atom. The van der Waals surface area contributed by atoms with Crippen LogP contribution in [0, 0.1) is 0 Å². The molecule has 1 saturated carbocycles. The van der Waals surface area contributed by atoms with Gasteiger partial charge >= 0.3 is 6.03 Å². The fraction of sp³-hybridized carbons (Fsp3) is 0.464. The summed E-state index contributed by atoms with van der Waals surface area (Å²) in [5, 5.41) is 13.0. The lowest BCUT2D eigenvalue weighted by Gasteiger charge is -2.17. The third kappa shape index (κ3) is 5.40. The van der Waals surface area contributed by atoms with Crippen molar-refractivity contribution in [2.24, 2.45) is 0 Å². The smallest absolute Gasteiger partial charge is 0.317 e. The number of aromatic nitrogens is 3. The molecule has 2 amide bonds. The van der Waals surface area contributed by atoms with Crippen LogP contribution in [-0.4, -0.2) is 44.8 Å². The van der Waals surface area contributed by atoms with Crippen LogP contribution >= 0.6 is 11.8 Å². The Morgan fingerprint density at radius 2 is 1.69 bits per heavy atom. The molecule has 7 heteroatoms. The summed E-state index contributed by atoms with van der Waals surface area (Å²) >= 11 is 1.83. The van der Waals surface area contributed by atoms with E-state index >= 15 is 0 Å². The van der Waals surface area contributed by atoms with Crippen molar-refractivity contribution < 1.29 is 4.79 Å². The van der Waals surface area contributed by atoms with Crippen LogP contribution in [0.25, 0.3) is 0 Å². The Labute approximate surface area is 212 Å². The molecule has 0 bridgehead atoms. The second-order valence-electron chi connectivity index (χ2n) is 9.92. The molecule has 3 aromatic rings. The van der Waals surface area contributed by atoms with Crippen molar-refractivity contribution >= 4 is 17.8 Å². The number of likely N-dealkylation sites (tertiary alicyclic amines) is 1. The summed E-state index contributed by atoms with van der Waals surface area (Å²) in [6.07, 6.45) is 2.37. The SMILES string of the molecule is CCSc1ccc(CNC(=O)N2CC(c3ccccc3)C(c3nn(C(C)C)nc3C3CC3)C2)cc1. The third-order valence-electron chi connectivity index (χ3n) is 6.97. The van der Waals surface area contributed by atoms with Crippen LogP contribution in [0.1, 0.15) is 79.9 Å². The van der Waals surface area contributed by atoms with Gasteiger partial charge in [-0.25, -0.2) is 4.79 Å². The molecular weight excluding hydrogens is 454 g/mol. The summed E-state index contributed by atoms with van der Waals surface area (Å²) in [5.41, 5.74) is 4.62. The molecule has 1 aromatic heterocycles. The van der Waals surface area contributed by atoms with Crippen LogP contribution in [0.5, 0.6) is 0 Å². The van der Waals surface area contributed by atoms with Gasteiger partial charge in [-0.15, -0.1) is 11.8 Å². The van der Waals surface area contributed by atoms with Gasteiger partial charge in [-0.2, -0.15) is 15.0 Å². The average molecular weight is 490 g/mol.